The van der Waals surface area contributed by atoms with Crippen molar-refractivity contribution >= 4 is 0 Å². The van der Waals surface area contributed by atoms with Gasteiger partial charge in [0.15, 0.2) is 0 Å². The van der Waals surface area contributed by atoms with Crippen LogP contribution in [0.25, 0.3) is 0 Å². The van der Waals surface area contributed by atoms with E-state index in [0.29, 0.717) is 11.3 Å². The lowest BCUT2D eigenvalue weighted by Gasteiger charge is -2.30. The number of methoxy groups -OCH3 is 4. The van der Waals surface area contributed by atoms with Gasteiger partial charge in [-0.05, 0) is 26.8 Å². The molecule has 0 unspecified atom stereocenters. The van der Waals surface area contributed by atoms with Gasteiger partial charge < -0.3 is 18.9 Å². The Morgan fingerprint density at radius 1 is 0.889 bits per heavy atom. The quantitative estimate of drug-likeness (QED) is 0.398. The van der Waals surface area contributed by atoms with Gasteiger partial charge in [-0.15, -0.1) is 0 Å². The van der Waals surface area contributed by atoms with Crippen molar-refractivity contribution in [3.05, 3.63) is 35.1 Å². The minimum absolute atomic E-state index is 0.637. The topological polar surface area (TPSA) is 36.9 Å². The molecule has 0 radical (unpaired) electrons. The molecule has 0 aromatic rings. The first-order valence-corrected chi connectivity index (χ1v) is 5.69. The highest BCUT2D eigenvalue weighted by Gasteiger charge is 2.34. The van der Waals surface area contributed by atoms with Gasteiger partial charge >= 0.3 is 5.97 Å². The van der Waals surface area contributed by atoms with Crippen LogP contribution in [0.15, 0.2) is 35.1 Å². The molecule has 0 aromatic carbocycles. The maximum atomic E-state index is 5.33. The molecule has 18 heavy (non-hydrogen) atoms. The highest BCUT2D eigenvalue weighted by Crippen LogP contribution is 2.26. The van der Waals surface area contributed by atoms with E-state index < -0.39 is 5.97 Å². The molecule has 4 heteroatoms. The molecule has 0 fully saturated rings. The van der Waals surface area contributed by atoms with Crippen LogP contribution >= 0.6 is 0 Å². The Balaban J connectivity index is 5.36. The van der Waals surface area contributed by atoms with Gasteiger partial charge in [-0.25, -0.2) is 0 Å². The lowest BCUT2D eigenvalue weighted by atomic mass is 10.2. The third kappa shape index (κ3) is 4.29. The minimum atomic E-state index is -1.22. The molecule has 0 aromatic heterocycles. The zero-order valence-electron chi connectivity index (χ0n) is 12.4. The van der Waals surface area contributed by atoms with Crippen LogP contribution in [-0.4, -0.2) is 34.4 Å². The van der Waals surface area contributed by atoms with E-state index in [0.717, 1.165) is 0 Å². The Kier molecular flexibility index (Phi) is 7.59. The fourth-order valence-electron chi connectivity index (χ4n) is 1.53. The molecule has 0 amide bonds. The fourth-order valence-corrected chi connectivity index (χ4v) is 1.53. The summed E-state index contributed by atoms with van der Waals surface area (Å²) >= 11 is 0. The van der Waals surface area contributed by atoms with E-state index in [4.69, 9.17) is 18.9 Å². The normalized spacial score (nSPS) is 13.5. The largest absolute Gasteiger partial charge is 0.497 e. The third-order valence-electron chi connectivity index (χ3n) is 2.53. The average Bonchev–Trinajstić information content (AvgIpc) is 2.37. The van der Waals surface area contributed by atoms with Crippen LogP contribution in [0.2, 0.25) is 0 Å². The van der Waals surface area contributed by atoms with Crippen LogP contribution < -0.4 is 0 Å². The molecule has 0 aliphatic heterocycles. The Bertz CT molecular complexity index is 323. The predicted molar refractivity (Wildman–Crippen MR) is 72.0 cm³/mol. The summed E-state index contributed by atoms with van der Waals surface area (Å²) in [6, 6.07) is 0. The molecule has 0 atom stereocenters. The standard InChI is InChI=1S/C14H24O4/c1-11(2)9-8-10-13(15-4)12(3)14(16-5,17-6)18-7/h8-10H,1-7H3. The van der Waals surface area contributed by atoms with Crippen molar-refractivity contribution in [2.45, 2.75) is 26.7 Å². The highest BCUT2D eigenvalue weighted by atomic mass is 16.9. The van der Waals surface area contributed by atoms with Crippen molar-refractivity contribution < 1.29 is 18.9 Å². The van der Waals surface area contributed by atoms with E-state index in [1.54, 1.807) is 7.11 Å². The molecular formula is C14H24O4. The van der Waals surface area contributed by atoms with Crippen molar-refractivity contribution in [3.63, 3.8) is 0 Å². The third-order valence-corrected chi connectivity index (χ3v) is 2.53. The molecule has 0 heterocycles. The van der Waals surface area contributed by atoms with Gasteiger partial charge in [-0.3, -0.25) is 0 Å². The number of allylic oxidation sites excluding steroid dienone is 4. The molecule has 0 spiro atoms. The monoisotopic (exact) mass is 256 g/mol. The van der Waals surface area contributed by atoms with Crippen molar-refractivity contribution in [2.24, 2.45) is 0 Å². The van der Waals surface area contributed by atoms with Crippen LogP contribution in [0, 0.1) is 0 Å². The number of rotatable bonds is 7. The van der Waals surface area contributed by atoms with Gasteiger partial charge in [0.25, 0.3) is 0 Å². The van der Waals surface area contributed by atoms with Crippen molar-refractivity contribution in [1.29, 1.82) is 0 Å². The SMILES string of the molecule is COC(C=CC=C(C)C)=C(C)C(OC)(OC)OC. The van der Waals surface area contributed by atoms with E-state index in [2.05, 4.69) is 0 Å². The zero-order chi connectivity index (χ0) is 14.2. The van der Waals surface area contributed by atoms with Crippen LogP contribution in [0.5, 0.6) is 0 Å². The van der Waals surface area contributed by atoms with Gasteiger partial charge in [0.1, 0.15) is 5.76 Å². The number of ether oxygens (including phenoxy) is 4. The molecule has 0 rings (SSSR count). The lowest BCUT2D eigenvalue weighted by molar-refractivity contribution is -0.327. The second kappa shape index (κ2) is 8.08. The molecule has 4 nitrogen and oxygen atoms in total. The maximum absolute atomic E-state index is 5.33. The van der Waals surface area contributed by atoms with Crippen LogP contribution in [0.3, 0.4) is 0 Å². The summed E-state index contributed by atoms with van der Waals surface area (Å²) in [6.45, 7) is 5.89. The second-order valence-corrected chi connectivity index (χ2v) is 3.97. The Morgan fingerprint density at radius 3 is 1.72 bits per heavy atom. The Morgan fingerprint density at radius 2 is 1.39 bits per heavy atom. The van der Waals surface area contributed by atoms with E-state index >= 15 is 0 Å². The first kappa shape index (κ1) is 16.9. The number of hydrogen-bond donors (Lipinski definition) is 0. The molecule has 0 aliphatic rings. The molecule has 0 saturated heterocycles. The first-order chi connectivity index (χ1) is 8.47. The average molecular weight is 256 g/mol. The molecule has 0 aliphatic carbocycles. The summed E-state index contributed by atoms with van der Waals surface area (Å²) in [5.41, 5.74) is 1.91. The van der Waals surface area contributed by atoms with Crippen LogP contribution in [0.1, 0.15) is 20.8 Å². The molecule has 0 saturated carbocycles. The van der Waals surface area contributed by atoms with E-state index in [1.165, 1.54) is 26.9 Å². The van der Waals surface area contributed by atoms with Crippen molar-refractivity contribution in [3.8, 4) is 0 Å². The minimum Gasteiger partial charge on any atom is -0.497 e. The van der Waals surface area contributed by atoms with Gasteiger partial charge in [0.2, 0.25) is 0 Å². The first-order valence-electron chi connectivity index (χ1n) is 5.69. The van der Waals surface area contributed by atoms with Gasteiger partial charge in [-0.1, -0.05) is 17.7 Å². The summed E-state index contributed by atoms with van der Waals surface area (Å²) in [5.74, 6) is -0.584. The zero-order valence-corrected chi connectivity index (χ0v) is 12.4. The van der Waals surface area contributed by atoms with Crippen molar-refractivity contribution in [2.75, 3.05) is 28.4 Å². The maximum Gasteiger partial charge on any atom is 0.310 e. The van der Waals surface area contributed by atoms with Crippen LogP contribution in [0.4, 0.5) is 0 Å². The predicted octanol–water partition coefficient (Wildman–Crippen LogP) is 3.02. The molecular weight excluding hydrogens is 232 g/mol. The second-order valence-electron chi connectivity index (χ2n) is 3.97. The van der Waals surface area contributed by atoms with Crippen molar-refractivity contribution in [1.82, 2.24) is 0 Å². The van der Waals surface area contributed by atoms with E-state index in [-0.39, 0.29) is 0 Å². The fraction of sp³-hybridized carbons (Fsp3) is 0.571. The molecule has 0 bridgehead atoms. The summed E-state index contributed by atoms with van der Waals surface area (Å²) in [5, 5.41) is 0. The summed E-state index contributed by atoms with van der Waals surface area (Å²) in [7, 11) is 6.15. The van der Waals surface area contributed by atoms with E-state index in [1.807, 2.05) is 39.0 Å². The van der Waals surface area contributed by atoms with E-state index in [9.17, 15) is 0 Å². The van der Waals surface area contributed by atoms with Gasteiger partial charge in [0.05, 0.1) is 12.7 Å². The molecule has 104 valence electrons. The van der Waals surface area contributed by atoms with Gasteiger partial charge in [0, 0.05) is 21.3 Å². The summed E-state index contributed by atoms with van der Waals surface area (Å²) < 4.78 is 21.2. The lowest BCUT2D eigenvalue weighted by Crippen LogP contribution is -2.38. The smallest absolute Gasteiger partial charge is 0.310 e. The Labute approximate surface area is 110 Å². The number of hydrogen-bond acceptors (Lipinski definition) is 4. The summed E-state index contributed by atoms with van der Waals surface area (Å²) in [4.78, 5) is 0. The van der Waals surface area contributed by atoms with Gasteiger partial charge in [-0.2, -0.15) is 0 Å². The molecule has 0 N–H and O–H groups in total. The summed E-state index contributed by atoms with van der Waals surface area (Å²) in [6.07, 6.45) is 5.73. The Hall–Kier alpha value is -1.10. The highest BCUT2D eigenvalue weighted by molar-refractivity contribution is 5.26. The van der Waals surface area contributed by atoms with Crippen LogP contribution in [-0.2, 0) is 18.9 Å².